The molecule has 0 saturated heterocycles. The molecule has 2 nitrogen and oxygen atoms in total. The van der Waals surface area contributed by atoms with Crippen LogP contribution in [0.15, 0.2) is 18.2 Å². The van der Waals surface area contributed by atoms with E-state index < -0.39 is 0 Å². The molecule has 0 fully saturated rings. The quantitative estimate of drug-likeness (QED) is 0.891. The van der Waals surface area contributed by atoms with Crippen molar-refractivity contribution >= 4 is 24.0 Å². The van der Waals surface area contributed by atoms with Crippen LogP contribution in [0, 0.1) is 0 Å². The van der Waals surface area contributed by atoms with Crippen LogP contribution in [0.3, 0.4) is 0 Å². The Balaban J connectivity index is 0.00000196. The van der Waals surface area contributed by atoms with Gasteiger partial charge in [-0.15, -0.1) is 12.4 Å². The molecule has 1 aromatic carbocycles. The second kappa shape index (κ2) is 6.94. The lowest BCUT2D eigenvalue weighted by Crippen LogP contribution is -2.21. The Bertz CT molecular complexity index is 305. The molecule has 0 amide bonds. The highest BCUT2D eigenvalue weighted by Crippen LogP contribution is 2.23. The first-order valence-electron chi connectivity index (χ1n) is 4.75. The maximum Gasteiger partial charge on any atom is 0.122 e. The maximum absolute atomic E-state index is 5.90. The van der Waals surface area contributed by atoms with Gasteiger partial charge in [0.05, 0.1) is 7.11 Å². The highest BCUT2D eigenvalue weighted by atomic mass is 35.5. The number of ether oxygens (including phenoxy) is 1. The molecule has 1 atom stereocenters. The Morgan fingerprint density at radius 3 is 2.67 bits per heavy atom. The predicted molar refractivity (Wildman–Crippen MR) is 67.2 cm³/mol. The minimum absolute atomic E-state index is 0. The van der Waals surface area contributed by atoms with E-state index in [0.717, 1.165) is 29.2 Å². The summed E-state index contributed by atoms with van der Waals surface area (Å²) in [6, 6.07) is 5.78. The molecule has 4 heteroatoms. The summed E-state index contributed by atoms with van der Waals surface area (Å²) < 4.78 is 5.23. The second-order valence-corrected chi connectivity index (χ2v) is 3.77. The van der Waals surface area contributed by atoms with E-state index in [1.807, 2.05) is 18.2 Å². The van der Waals surface area contributed by atoms with Gasteiger partial charge in [0.1, 0.15) is 5.75 Å². The monoisotopic (exact) mass is 249 g/mol. The van der Waals surface area contributed by atoms with Crippen LogP contribution in [-0.4, -0.2) is 13.2 Å². The first-order valence-corrected chi connectivity index (χ1v) is 5.13. The van der Waals surface area contributed by atoms with Gasteiger partial charge in [0.2, 0.25) is 0 Å². The van der Waals surface area contributed by atoms with E-state index in [-0.39, 0.29) is 18.4 Å². The Morgan fingerprint density at radius 1 is 1.47 bits per heavy atom. The highest BCUT2D eigenvalue weighted by Gasteiger charge is 2.07. The number of nitrogens with two attached hydrogens (primary N) is 1. The van der Waals surface area contributed by atoms with E-state index in [9.17, 15) is 0 Å². The van der Waals surface area contributed by atoms with Gasteiger partial charge in [0.25, 0.3) is 0 Å². The molecule has 0 saturated carbocycles. The minimum Gasteiger partial charge on any atom is -0.496 e. The van der Waals surface area contributed by atoms with Crippen molar-refractivity contribution in [2.45, 2.75) is 25.8 Å². The molecular formula is C11H17Cl2NO. The third-order valence-corrected chi connectivity index (χ3v) is 2.48. The molecule has 1 unspecified atom stereocenters. The van der Waals surface area contributed by atoms with Crippen LogP contribution in [-0.2, 0) is 6.42 Å². The molecule has 0 aliphatic carbocycles. The summed E-state index contributed by atoms with van der Waals surface area (Å²) in [6.07, 6.45) is 1.76. The van der Waals surface area contributed by atoms with Gasteiger partial charge in [0.15, 0.2) is 0 Å². The van der Waals surface area contributed by atoms with E-state index in [4.69, 9.17) is 22.1 Å². The van der Waals surface area contributed by atoms with Crippen molar-refractivity contribution in [2.75, 3.05) is 7.11 Å². The number of hydrogen-bond donors (Lipinski definition) is 1. The molecular weight excluding hydrogens is 233 g/mol. The zero-order valence-electron chi connectivity index (χ0n) is 9.00. The zero-order valence-corrected chi connectivity index (χ0v) is 10.6. The Hall–Kier alpha value is -0.440. The minimum atomic E-state index is 0. The van der Waals surface area contributed by atoms with Crippen LogP contribution >= 0.6 is 24.0 Å². The smallest absolute Gasteiger partial charge is 0.122 e. The molecule has 1 aromatic rings. The van der Waals surface area contributed by atoms with Crippen LogP contribution in [0.1, 0.15) is 18.9 Å². The number of hydrogen-bond acceptors (Lipinski definition) is 2. The SMILES string of the molecule is CCC(N)Cc1cc(Cl)ccc1OC.Cl. The molecule has 0 radical (unpaired) electrons. The van der Waals surface area contributed by atoms with Crippen molar-refractivity contribution in [3.8, 4) is 5.75 Å². The largest absolute Gasteiger partial charge is 0.496 e. The lowest BCUT2D eigenvalue weighted by molar-refractivity contribution is 0.407. The number of methoxy groups -OCH3 is 1. The first-order chi connectivity index (χ1) is 6.67. The van der Waals surface area contributed by atoms with E-state index in [0.29, 0.717) is 0 Å². The van der Waals surface area contributed by atoms with Crippen molar-refractivity contribution in [3.63, 3.8) is 0 Å². The molecule has 0 aromatic heterocycles. The predicted octanol–water partition coefficient (Wildman–Crippen LogP) is 3.05. The van der Waals surface area contributed by atoms with Gasteiger partial charge in [-0.25, -0.2) is 0 Å². The van der Waals surface area contributed by atoms with Crippen LogP contribution in [0.25, 0.3) is 0 Å². The number of halogens is 2. The lowest BCUT2D eigenvalue weighted by atomic mass is 10.0. The third-order valence-electron chi connectivity index (χ3n) is 2.25. The van der Waals surface area contributed by atoms with Crippen LogP contribution in [0.4, 0.5) is 0 Å². The van der Waals surface area contributed by atoms with Gasteiger partial charge in [-0.1, -0.05) is 18.5 Å². The normalized spacial score (nSPS) is 11.7. The average molecular weight is 250 g/mol. The summed E-state index contributed by atoms with van der Waals surface area (Å²) in [5.74, 6) is 0.860. The summed E-state index contributed by atoms with van der Waals surface area (Å²) in [4.78, 5) is 0. The van der Waals surface area contributed by atoms with Crippen LogP contribution < -0.4 is 10.5 Å². The summed E-state index contributed by atoms with van der Waals surface area (Å²) >= 11 is 5.90. The fraction of sp³-hybridized carbons (Fsp3) is 0.455. The van der Waals surface area contributed by atoms with Crippen molar-refractivity contribution in [1.29, 1.82) is 0 Å². The van der Waals surface area contributed by atoms with Gasteiger partial charge in [-0.3, -0.25) is 0 Å². The first kappa shape index (κ1) is 14.6. The van der Waals surface area contributed by atoms with Crippen molar-refractivity contribution < 1.29 is 4.74 Å². The fourth-order valence-electron chi connectivity index (χ4n) is 1.33. The van der Waals surface area contributed by atoms with Gasteiger partial charge < -0.3 is 10.5 Å². The van der Waals surface area contributed by atoms with E-state index in [1.54, 1.807) is 7.11 Å². The second-order valence-electron chi connectivity index (χ2n) is 3.33. The lowest BCUT2D eigenvalue weighted by Gasteiger charge is -2.12. The summed E-state index contributed by atoms with van der Waals surface area (Å²) in [5.41, 5.74) is 6.96. The van der Waals surface area contributed by atoms with Crippen LogP contribution in [0.5, 0.6) is 5.75 Å². The Morgan fingerprint density at radius 2 is 2.13 bits per heavy atom. The molecule has 0 bridgehead atoms. The molecule has 0 aliphatic heterocycles. The maximum atomic E-state index is 5.90. The fourth-order valence-corrected chi connectivity index (χ4v) is 1.53. The van der Waals surface area contributed by atoms with E-state index in [1.165, 1.54) is 0 Å². The number of rotatable bonds is 4. The standard InChI is InChI=1S/C11H16ClNO.ClH/c1-3-10(13)7-8-6-9(12)4-5-11(8)14-2;/h4-6,10H,3,7,13H2,1-2H3;1H. The molecule has 0 heterocycles. The molecule has 86 valence electrons. The summed E-state index contributed by atoms with van der Waals surface area (Å²) in [7, 11) is 1.66. The molecule has 1 rings (SSSR count). The third kappa shape index (κ3) is 4.29. The Kier molecular flexibility index (Phi) is 6.73. The molecule has 2 N–H and O–H groups in total. The number of benzene rings is 1. The van der Waals surface area contributed by atoms with Crippen LogP contribution in [0.2, 0.25) is 5.02 Å². The summed E-state index contributed by atoms with van der Waals surface area (Å²) in [5, 5.41) is 0.726. The molecule has 0 aliphatic rings. The van der Waals surface area contributed by atoms with Gasteiger partial charge in [0, 0.05) is 11.1 Å². The van der Waals surface area contributed by atoms with Crippen molar-refractivity contribution in [1.82, 2.24) is 0 Å². The topological polar surface area (TPSA) is 35.2 Å². The van der Waals surface area contributed by atoms with Gasteiger partial charge in [-0.2, -0.15) is 0 Å². The van der Waals surface area contributed by atoms with E-state index in [2.05, 4.69) is 6.92 Å². The van der Waals surface area contributed by atoms with Crippen molar-refractivity contribution in [2.24, 2.45) is 5.73 Å². The van der Waals surface area contributed by atoms with E-state index >= 15 is 0 Å². The van der Waals surface area contributed by atoms with Gasteiger partial charge in [-0.05, 0) is 36.6 Å². The molecule has 0 spiro atoms. The van der Waals surface area contributed by atoms with Crippen molar-refractivity contribution in [3.05, 3.63) is 28.8 Å². The highest BCUT2D eigenvalue weighted by molar-refractivity contribution is 6.30. The summed E-state index contributed by atoms with van der Waals surface area (Å²) in [6.45, 7) is 2.07. The molecule has 15 heavy (non-hydrogen) atoms. The average Bonchev–Trinajstić information content (AvgIpc) is 2.18. The zero-order chi connectivity index (χ0) is 10.6. The Labute approximate surface area is 102 Å². The van der Waals surface area contributed by atoms with Gasteiger partial charge >= 0.3 is 0 Å².